The fraction of sp³-hybridized carbons (Fsp3) is 0.292. The summed E-state index contributed by atoms with van der Waals surface area (Å²) in [6.45, 7) is 6.95. The number of rotatable bonds is 7. The van der Waals surface area contributed by atoms with Crippen molar-refractivity contribution in [2.45, 2.75) is 46.8 Å². The van der Waals surface area contributed by atoms with E-state index in [-0.39, 0.29) is 24.8 Å². The molecule has 160 valence electrons. The van der Waals surface area contributed by atoms with Crippen LogP contribution in [0.2, 0.25) is 0 Å². The van der Waals surface area contributed by atoms with Gasteiger partial charge in [0.1, 0.15) is 17.4 Å². The van der Waals surface area contributed by atoms with E-state index in [0.717, 1.165) is 56.1 Å². The number of aromatic nitrogens is 3. The third kappa shape index (κ3) is 4.51. The van der Waals surface area contributed by atoms with E-state index in [1.165, 1.54) is 23.5 Å². The van der Waals surface area contributed by atoms with Crippen LogP contribution in [0, 0.1) is 12.7 Å². The molecule has 0 spiro atoms. The van der Waals surface area contributed by atoms with E-state index in [4.69, 9.17) is 4.74 Å². The third-order valence-corrected chi connectivity index (χ3v) is 6.37. The van der Waals surface area contributed by atoms with Gasteiger partial charge in [-0.2, -0.15) is 5.10 Å². The lowest BCUT2D eigenvalue weighted by Crippen LogP contribution is -2.08. The molecule has 0 saturated carbocycles. The number of esters is 1. The second-order valence-electron chi connectivity index (χ2n) is 7.39. The lowest BCUT2D eigenvalue weighted by Gasteiger charge is -2.06. The molecule has 2 aromatic carbocycles. The Balaban J connectivity index is 1.45. The number of thiazole rings is 1. The van der Waals surface area contributed by atoms with Gasteiger partial charge in [0.15, 0.2) is 0 Å². The van der Waals surface area contributed by atoms with Crippen molar-refractivity contribution in [1.29, 1.82) is 0 Å². The molecule has 7 heteroatoms. The molecule has 4 rings (SSSR count). The highest BCUT2D eigenvalue weighted by atomic mass is 32.1. The second-order valence-corrected chi connectivity index (χ2v) is 8.48. The highest BCUT2D eigenvalue weighted by Gasteiger charge is 2.17. The molecule has 0 fully saturated rings. The Morgan fingerprint density at radius 2 is 2.03 bits per heavy atom. The molecule has 2 heterocycles. The maximum absolute atomic E-state index is 13.4. The maximum Gasteiger partial charge on any atom is 0.311 e. The number of hydrogen-bond acceptors (Lipinski definition) is 5. The van der Waals surface area contributed by atoms with Gasteiger partial charge in [-0.15, -0.1) is 11.3 Å². The number of halogens is 1. The van der Waals surface area contributed by atoms with Crippen molar-refractivity contribution >= 4 is 28.2 Å². The smallest absolute Gasteiger partial charge is 0.311 e. The van der Waals surface area contributed by atoms with Gasteiger partial charge in [-0.1, -0.05) is 13.0 Å². The number of carbonyl (C=O) groups is 1. The predicted molar refractivity (Wildman–Crippen MR) is 121 cm³/mol. The Labute approximate surface area is 184 Å². The quantitative estimate of drug-likeness (QED) is 0.360. The van der Waals surface area contributed by atoms with Crippen molar-refractivity contribution in [3.8, 4) is 10.6 Å². The van der Waals surface area contributed by atoms with Gasteiger partial charge in [-0.25, -0.2) is 9.37 Å². The third-order valence-electron chi connectivity index (χ3n) is 5.24. The number of ether oxygens (including phenoxy) is 1. The molecule has 0 N–H and O–H groups in total. The van der Waals surface area contributed by atoms with Crippen LogP contribution in [-0.2, 0) is 35.5 Å². The number of hydrogen-bond donors (Lipinski definition) is 0. The van der Waals surface area contributed by atoms with Crippen LogP contribution in [0.3, 0.4) is 0 Å². The van der Waals surface area contributed by atoms with Crippen LogP contribution < -0.4 is 0 Å². The van der Waals surface area contributed by atoms with Crippen molar-refractivity contribution < 1.29 is 13.9 Å². The number of aryl methyl sites for hydroxylation is 3. The number of carbonyl (C=O) groups excluding carboxylic acids is 1. The number of fused-ring (bicyclic) bond motifs is 1. The highest BCUT2D eigenvalue weighted by Crippen LogP contribution is 2.31. The Morgan fingerprint density at radius 1 is 1.19 bits per heavy atom. The molecule has 0 aliphatic rings. The molecule has 2 aromatic heterocycles. The molecule has 0 radical (unpaired) electrons. The van der Waals surface area contributed by atoms with Gasteiger partial charge < -0.3 is 4.74 Å². The van der Waals surface area contributed by atoms with E-state index in [2.05, 4.69) is 17.0 Å². The summed E-state index contributed by atoms with van der Waals surface area (Å²) in [7, 11) is 0. The number of benzene rings is 2. The summed E-state index contributed by atoms with van der Waals surface area (Å²) in [6, 6.07) is 10.6. The standard InChI is InChI=1S/C24H24FN3O2S/c1-4-20-22(31-24(27-20)19-8-7-18(25)10-15(19)3)12-23(29)30-14-16-6-9-21-17(11-16)13-26-28(21)5-2/h6-11,13H,4-5,12,14H2,1-3H3. The van der Waals surface area contributed by atoms with Crippen LogP contribution in [0.1, 0.15) is 35.5 Å². The summed E-state index contributed by atoms with van der Waals surface area (Å²) in [5.74, 6) is -0.553. The van der Waals surface area contributed by atoms with Crippen molar-refractivity contribution in [1.82, 2.24) is 14.8 Å². The molecule has 0 unspecified atom stereocenters. The molecule has 5 nitrogen and oxygen atoms in total. The van der Waals surface area contributed by atoms with Gasteiger partial charge in [-0.05, 0) is 61.7 Å². The zero-order valence-corrected chi connectivity index (χ0v) is 18.6. The van der Waals surface area contributed by atoms with Crippen LogP contribution in [0.4, 0.5) is 4.39 Å². The molecular formula is C24H24FN3O2S. The van der Waals surface area contributed by atoms with E-state index in [1.807, 2.05) is 42.9 Å². The van der Waals surface area contributed by atoms with Gasteiger partial charge in [0, 0.05) is 22.4 Å². The van der Waals surface area contributed by atoms with Crippen LogP contribution in [0.5, 0.6) is 0 Å². The van der Waals surface area contributed by atoms with Gasteiger partial charge in [0.25, 0.3) is 0 Å². The molecular weight excluding hydrogens is 413 g/mol. The summed E-state index contributed by atoms with van der Waals surface area (Å²) in [6.07, 6.45) is 2.72. The normalized spacial score (nSPS) is 11.2. The SMILES string of the molecule is CCc1nc(-c2ccc(F)cc2C)sc1CC(=O)OCc1ccc2c(cnn2CC)c1. The van der Waals surface area contributed by atoms with Crippen LogP contribution in [0.25, 0.3) is 21.5 Å². The van der Waals surface area contributed by atoms with E-state index in [0.29, 0.717) is 0 Å². The lowest BCUT2D eigenvalue weighted by atomic mass is 10.1. The molecule has 0 aliphatic heterocycles. The van der Waals surface area contributed by atoms with Crippen molar-refractivity contribution in [2.75, 3.05) is 0 Å². The first kappa shape index (κ1) is 21.2. The summed E-state index contributed by atoms with van der Waals surface area (Å²) in [4.78, 5) is 18.1. The minimum absolute atomic E-state index is 0.178. The lowest BCUT2D eigenvalue weighted by molar-refractivity contribution is -0.144. The van der Waals surface area contributed by atoms with E-state index >= 15 is 0 Å². The zero-order valence-electron chi connectivity index (χ0n) is 17.8. The first-order valence-electron chi connectivity index (χ1n) is 10.3. The van der Waals surface area contributed by atoms with Crippen molar-refractivity contribution in [3.05, 3.63) is 70.1 Å². The first-order valence-corrected chi connectivity index (χ1v) is 11.1. The zero-order chi connectivity index (χ0) is 22.0. The monoisotopic (exact) mass is 437 g/mol. The largest absolute Gasteiger partial charge is 0.461 e. The van der Waals surface area contributed by atoms with Crippen LogP contribution >= 0.6 is 11.3 Å². The fourth-order valence-corrected chi connectivity index (χ4v) is 4.83. The first-order chi connectivity index (χ1) is 15.0. The van der Waals surface area contributed by atoms with Gasteiger partial charge in [0.05, 0.1) is 23.8 Å². The van der Waals surface area contributed by atoms with Gasteiger partial charge >= 0.3 is 5.97 Å². The maximum atomic E-state index is 13.4. The summed E-state index contributed by atoms with van der Waals surface area (Å²) in [5.41, 5.74) is 4.60. The molecule has 0 aliphatic carbocycles. The molecule has 4 aromatic rings. The second kappa shape index (κ2) is 8.98. The Kier molecular flexibility index (Phi) is 6.13. The summed E-state index contributed by atoms with van der Waals surface area (Å²) < 4.78 is 20.9. The van der Waals surface area contributed by atoms with Crippen LogP contribution in [-0.4, -0.2) is 20.7 Å². The Bertz CT molecular complexity index is 1250. The van der Waals surface area contributed by atoms with E-state index in [9.17, 15) is 9.18 Å². The predicted octanol–water partition coefficient (Wildman–Crippen LogP) is 5.48. The molecule has 0 saturated heterocycles. The van der Waals surface area contributed by atoms with Gasteiger partial charge in [-0.3, -0.25) is 9.48 Å². The van der Waals surface area contributed by atoms with Crippen molar-refractivity contribution in [3.63, 3.8) is 0 Å². The fourth-order valence-electron chi connectivity index (χ4n) is 3.60. The Hall–Kier alpha value is -3.06. The summed E-state index contributed by atoms with van der Waals surface area (Å²) in [5, 5.41) is 6.18. The average molecular weight is 438 g/mol. The van der Waals surface area contributed by atoms with Crippen molar-refractivity contribution in [2.24, 2.45) is 0 Å². The molecule has 0 atom stereocenters. The van der Waals surface area contributed by atoms with E-state index < -0.39 is 0 Å². The van der Waals surface area contributed by atoms with Gasteiger partial charge in [0.2, 0.25) is 0 Å². The minimum Gasteiger partial charge on any atom is -0.461 e. The average Bonchev–Trinajstić information content (AvgIpc) is 3.35. The minimum atomic E-state index is -0.287. The number of nitrogens with zero attached hydrogens (tertiary/aromatic N) is 3. The molecule has 0 bridgehead atoms. The van der Waals surface area contributed by atoms with Crippen LogP contribution in [0.15, 0.2) is 42.6 Å². The molecule has 0 amide bonds. The Morgan fingerprint density at radius 3 is 2.77 bits per heavy atom. The topological polar surface area (TPSA) is 57.0 Å². The summed E-state index contributed by atoms with van der Waals surface area (Å²) >= 11 is 1.47. The van der Waals surface area contributed by atoms with E-state index in [1.54, 1.807) is 6.07 Å². The molecule has 31 heavy (non-hydrogen) atoms. The highest BCUT2D eigenvalue weighted by molar-refractivity contribution is 7.15.